The van der Waals surface area contributed by atoms with Crippen molar-refractivity contribution in [1.82, 2.24) is 0 Å². The van der Waals surface area contributed by atoms with Crippen molar-refractivity contribution in [1.29, 1.82) is 0 Å². The minimum Gasteiger partial charge on any atom is -0.479 e. The number of para-hydroxylation sites is 1. The van der Waals surface area contributed by atoms with Gasteiger partial charge in [0.05, 0.1) is 6.10 Å². The molecule has 2 unspecified atom stereocenters. The molecule has 2 rings (SSSR count). The van der Waals surface area contributed by atoms with Gasteiger partial charge in [0, 0.05) is 18.7 Å². The average Bonchev–Trinajstić information content (AvgIpc) is 2.63. The van der Waals surface area contributed by atoms with Crippen molar-refractivity contribution >= 4 is 11.7 Å². The fourth-order valence-electron chi connectivity index (χ4n) is 2.02. The highest BCUT2D eigenvalue weighted by atomic mass is 16.5. The van der Waals surface area contributed by atoms with E-state index in [0.717, 1.165) is 5.69 Å². The highest BCUT2D eigenvalue weighted by Crippen LogP contribution is 2.30. The molecule has 4 nitrogen and oxygen atoms in total. The van der Waals surface area contributed by atoms with E-state index in [0.29, 0.717) is 13.0 Å². The Bertz CT molecular complexity index is 379. The molecular formula is C12H15NO3. The molecule has 1 saturated heterocycles. The summed E-state index contributed by atoms with van der Waals surface area (Å²) in [6, 6.07) is 9.36. The molecule has 2 N–H and O–H groups in total. The van der Waals surface area contributed by atoms with E-state index in [1.807, 2.05) is 30.3 Å². The normalized spacial score (nSPS) is 28.9. The number of hydrogen-bond donors (Lipinski definition) is 2. The molecule has 0 spiro atoms. The van der Waals surface area contributed by atoms with Crippen LogP contribution in [0.25, 0.3) is 0 Å². The minimum absolute atomic E-state index is 0.329. The number of carbonyl (C=O) groups is 1. The van der Waals surface area contributed by atoms with E-state index in [-0.39, 0.29) is 6.10 Å². The molecule has 2 atom stereocenters. The van der Waals surface area contributed by atoms with Gasteiger partial charge in [0.1, 0.15) is 0 Å². The number of aliphatic carboxylic acids is 1. The molecule has 0 amide bonds. The van der Waals surface area contributed by atoms with Gasteiger partial charge in [0.15, 0.2) is 5.54 Å². The van der Waals surface area contributed by atoms with Crippen LogP contribution in [-0.2, 0) is 9.53 Å². The maximum Gasteiger partial charge on any atom is 0.332 e. The first kappa shape index (κ1) is 11.0. The van der Waals surface area contributed by atoms with Gasteiger partial charge >= 0.3 is 5.97 Å². The molecule has 1 aliphatic heterocycles. The van der Waals surface area contributed by atoms with Crippen molar-refractivity contribution < 1.29 is 14.6 Å². The largest absolute Gasteiger partial charge is 0.479 e. The topological polar surface area (TPSA) is 58.6 Å². The van der Waals surface area contributed by atoms with Crippen LogP contribution in [0.3, 0.4) is 0 Å². The van der Waals surface area contributed by atoms with Gasteiger partial charge in [-0.1, -0.05) is 18.2 Å². The van der Waals surface area contributed by atoms with Crippen LogP contribution in [0.1, 0.15) is 13.3 Å². The zero-order chi connectivity index (χ0) is 11.6. The second-order valence-corrected chi connectivity index (χ2v) is 4.03. The lowest BCUT2D eigenvalue weighted by molar-refractivity contribution is -0.143. The van der Waals surface area contributed by atoms with E-state index in [9.17, 15) is 9.90 Å². The fraction of sp³-hybridized carbons (Fsp3) is 0.417. The molecule has 86 valence electrons. The summed E-state index contributed by atoms with van der Waals surface area (Å²) in [4.78, 5) is 11.4. The first-order valence-electron chi connectivity index (χ1n) is 5.33. The van der Waals surface area contributed by atoms with Gasteiger partial charge in [0.25, 0.3) is 0 Å². The van der Waals surface area contributed by atoms with E-state index in [2.05, 4.69) is 5.32 Å². The summed E-state index contributed by atoms with van der Waals surface area (Å²) in [5.74, 6) is -0.860. The predicted octanol–water partition coefficient (Wildman–Crippen LogP) is 1.73. The van der Waals surface area contributed by atoms with Crippen molar-refractivity contribution in [2.24, 2.45) is 0 Å². The van der Waals surface area contributed by atoms with Crippen molar-refractivity contribution in [3.05, 3.63) is 30.3 Å². The molecule has 1 fully saturated rings. The van der Waals surface area contributed by atoms with Gasteiger partial charge in [0.2, 0.25) is 0 Å². The molecule has 0 bridgehead atoms. The molecule has 1 aromatic rings. The zero-order valence-electron chi connectivity index (χ0n) is 9.14. The maximum absolute atomic E-state index is 11.4. The monoisotopic (exact) mass is 221 g/mol. The lowest BCUT2D eigenvalue weighted by Gasteiger charge is -2.29. The van der Waals surface area contributed by atoms with E-state index in [1.165, 1.54) is 0 Å². The van der Waals surface area contributed by atoms with Crippen molar-refractivity contribution in [2.75, 3.05) is 11.9 Å². The number of nitrogens with one attached hydrogen (secondary N) is 1. The number of anilines is 1. The lowest BCUT2D eigenvalue weighted by Crippen LogP contribution is -2.51. The standard InChI is InChI=1S/C12H15NO3/c1-9-12(11(14)15,7-8-16-9)13-10-5-3-2-4-6-10/h2-6,9,13H,7-8H2,1H3,(H,14,15). The predicted molar refractivity (Wildman–Crippen MR) is 60.5 cm³/mol. The van der Waals surface area contributed by atoms with Gasteiger partial charge in [-0.05, 0) is 19.1 Å². The van der Waals surface area contributed by atoms with Crippen LogP contribution in [0.4, 0.5) is 5.69 Å². The first-order valence-corrected chi connectivity index (χ1v) is 5.33. The number of hydrogen-bond acceptors (Lipinski definition) is 3. The summed E-state index contributed by atoms with van der Waals surface area (Å²) < 4.78 is 5.36. The molecule has 1 heterocycles. The molecule has 1 aromatic carbocycles. The second kappa shape index (κ2) is 4.14. The zero-order valence-corrected chi connectivity index (χ0v) is 9.14. The van der Waals surface area contributed by atoms with E-state index >= 15 is 0 Å². The van der Waals surface area contributed by atoms with Crippen LogP contribution in [0.15, 0.2) is 30.3 Å². The fourth-order valence-corrected chi connectivity index (χ4v) is 2.02. The van der Waals surface area contributed by atoms with Crippen LogP contribution in [0.2, 0.25) is 0 Å². The van der Waals surface area contributed by atoms with Crippen LogP contribution >= 0.6 is 0 Å². The highest BCUT2D eigenvalue weighted by molar-refractivity contribution is 5.84. The summed E-state index contributed by atoms with van der Waals surface area (Å²) in [5, 5.41) is 12.4. The van der Waals surface area contributed by atoms with Crippen LogP contribution in [0, 0.1) is 0 Å². The Morgan fingerprint density at radius 1 is 1.50 bits per heavy atom. The van der Waals surface area contributed by atoms with Gasteiger partial charge < -0.3 is 15.2 Å². The number of carboxylic acid groups (broad SMARTS) is 1. The van der Waals surface area contributed by atoms with Gasteiger partial charge in [-0.15, -0.1) is 0 Å². The molecule has 16 heavy (non-hydrogen) atoms. The van der Waals surface area contributed by atoms with Crippen LogP contribution in [-0.4, -0.2) is 29.3 Å². The smallest absolute Gasteiger partial charge is 0.332 e. The third kappa shape index (κ3) is 1.76. The Morgan fingerprint density at radius 2 is 2.19 bits per heavy atom. The van der Waals surface area contributed by atoms with Crippen molar-refractivity contribution in [3.63, 3.8) is 0 Å². The van der Waals surface area contributed by atoms with Crippen LogP contribution in [0.5, 0.6) is 0 Å². The molecule has 0 aliphatic carbocycles. The number of rotatable bonds is 3. The Labute approximate surface area is 94.2 Å². The quantitative estimate of drug-likeness (QED) is 0.816. The third-order valence-corrected chi connectivity index (χ3v) is 3.08. The Kier molecular flexibility index (Phi) is 2.83. The Balaban J connectivity index is 2.25. The summed E-state index contributed by atoms with van der Waals surface area (Å²) in [6.45, 7) is 2.27. The molecular weight excluding hydrogens is 206 g/mol. The second-order valence-electron chi connectivity index (χ2n) is 4.03. The van der Waals surface area contributed by atoms with Crippen LogP contribution < -0.4 is 5.32 Å². The van der Waals surface area contributed by atoms with Gasteiger partial charge in [-0.2, -0.15) is 0 Å². The van der Waals surface area contributed by atoms with E-state index in [1.54, 1.807) is 6.92 Å². The van der Waals surface area contributed by atoms with Crippen molar-refractivity contribution in [2.45, 2.75) is 25.0 Å². The molecule has 0 aromatic heterocycles. The number of ether oxygens (including phenoxy) is 1. The lowest BCUT2D eigenvalue weighted by atomic mass is 9.91. The summed E-state index contributed by atoms with van der Waals surface area (Å²) in [7, 11) is 0. The SMILES string of the molecule is CC1OCCC1(Nc1ccccc1)C(=O)O. The summed E-state index contributed by atoms with van der Waals surface area (Å²) in [6.07, 6.45) is 0.156. The first-order chi connectivity index (χ1) is 7.65. The Hall–Kier alpha value is -1.55. The van der Waals surface area contributed by atoms with Crippen molar-refractivity contribution in [3.8, 4) is 0 Å². The molecule has 4 heteroatoms. The third-order valence-electron chi connectivity index (χ3n) is 3.08. The maximum atomic E-state index is 11.4. The summed E-state index contributed by atoms with van der Waals surface area (Å²) >= 11 is 0. The summed E-state index contributed by atoms with van der Waals surface area (Å²) in [5.41, 5.74) is -0.191. The Morgan fingerprint density at radius 3 is 2.69 bits per heavy atom. The van der Waals surface area contributed by atoms with Gasteiger partial charge in [-0.25, -0.2) is 4.79 Å². The molecule has 0 radical (unpaired) electrons. The van der Waals surface area contributed by atoms with Gasteiger partial charge in [-0.3, -0.25) is 0 Å². The number of benzene rings is 1. The molecule has 0 saturated carbocycles. The van der Waals surface area contributed by atoms with E-state index < -0.39 is 11.5 Å². The van der Waals surface area contributed by atoms with E-state index in [4.69, 9.17) is 4.74 Å². The minimum atomic E-state index is -0.999. The molecule has 1 aliphatic rings. The number of carboxylic acids is 1. The highest BCUT2D eigenvalue weighted by Gasteiger charge is 2.48. The average molecular weight is 221 g/mol.